The molecule has 3 amide bonds. The molecule has 2 heterocycles. The van der Waals surface area contributed by atoms with Crippen molar-refractivity contribution in [2.24, 2.45) is 0 Å². The topological polar surface area (TPSA) is 118 Å². The molecular formula is C36H37F3N6O3. The number of amides is 3. The first-order valence-corrected chi connectivity index (χ1v) is 15.6. The highest BCUT2D eigenvalue weighted by molar-refractivity contribution is 6.35. The van der Waals surface area contributed by atoms with Crippen LogP contribution in [0, 0.1) is 13.8 Å². The molecule has 250 valence electrons. The minimum Gasteiger partial charge on any atom is -0.358 e. The number of alkyl halides is 3. The van der Waals surface area contributed by atoms with E-state index in [-0.39, 0.29) is 17.4 Å². The van der Waals surface area contributed by atoms with Crippen molar-refractivity contribution in [3.63, 3.8) is 0 Å². The second-order valence-electron chi connectivity index (χ2n) is 11.5. The molecule has 1 aliphatic heterocycles. The number of hydrogen-bond donors (Lipinski definition) is 5. The maximum Gasteiger partial charge on any atom is 0.416 e. The number of H-pyrrole nitrogens is 1. The van der Waals surface area contributed by atoms with Crippen molar-refractivity contribution in [3.05, 3.63) is 106 Å². The number of carbonyl (C=O) groups is 3. The number of fused-ring (bicyclic) bond motifs is 1. The summed E-state index contributed by atoms with van der Waals surface area (Å²) in [5.74, 6) is -1.11. The molecular weight excluding hydrogens is 621 g/mol. The first-order valence-electron chi connectivity index (χ1n) is 15.6. The van der Waals surface area contributed by atoms with Gasteiger partial charge in [0, 0.05) is 52.7 Å². The zero-order valence-electron chi connectivity index (χ0n) is 27.1. The summed E-state index contributed by atoms with van der Waals surface area (Å²) in [6, 6.07) is 16.4. The molecule has 48 heavy (non-hydrogen) atoms. The van der Waals surface area contributed by atoms with Crippen LogP contribution in [0.15, 0.2) is 66.7 Å². The lowest BCUT2D eigenvalue weighted by molar-refractivity contribution is -0.137. The number of likely N-dealkylation sites (N-methyl/N-ethyl adjacent to an activating group) is 1. The quantitative estimate of drug-likeness (QED) is 0.109. The maximum absolute atomic E-state index is 13.1. The monoisotopic (exact) mass is 658 g/mol. The number of halogens is 3. The highest BCUT2D eigenvalue weighted by Gasteiger charge is 2.31. The number of aromatic amines is 1. The van der Waals surface area contributed by atoms with Crippen molar-refractivity contribution in [1.82, 2.24) is 15.2 Å². The van der Waals surface area contributed by atoms with E-state index in [1.54, 1.807) is 36.4 Å². The molecule has 3 aromatic carbocycles. The average molecular weight is 659 g/mol. The Bertz CT molecular complexity index is 1890. The van der Waals surface area contributed by atoms with Crippen molar-refractivity contribution in [2.75, 3.05) is 42.1 Å². The van der Waals surface area contributed by atoms with E-state index in [9.17, 15) is 27.6 Å². The van der Waals surface area contributed by atoms with E-state index < -0.39 is 17.6 Å². The van der Waals surface area contributed by atoms with Crippen LogP contribution in [0.2, 0.25) is 0 Å². The van der Waals surface area contributed by atoms with Gasteiger partial charge in [-0.15, -0.1) is 0 Å². The fourth-order valence-corrected chi connectivity index (χ4v) is 5.66. The van der Waals surface area contributed by atoms with Gasteiger partial charge in [-0.1, -0.05) is 32.0 Å². The van der Waals surface area contributed by atoms with Gasteiger partial charge in [0.15, 0.2) is 0 Å². The van der Waals surface area contributed by atoms with Crippen molar-refractivity contribution in [1.29, 1.82) is 0 Å². The zero-order valence-corrected chi connectivity index (χ0v) is 27.1. The molecule has 4 aromatic rings. The minimum atomic E-state index is -4.56. The summed E-state index contributed by atoms with van der Waals surface area (Å²) >= 11 is 0. The summed E-state index contributed by atoms with van der Waals surface area (Å²) in [6.45, 7) is 11.0. The molecule has 0 radical (unpaired) electrons. The molecule has 1 aromatic heterocycles. The third kappa shape index (κ3) is 7.60. The molecule has 9 nitrogen and oxygen atoms in total. The molecule has 12 heteroatoms. The number of anilines is 4. The Morgan fingerprint density at radius 1 is 0.896 bits per heavy atom. The molecule has 0 bridgehead atoms. The molecule has 0 unspecified atom stereocenters. The van der Waals surface area contributed by atoms with E-state index in [0.717, 1.165) is 37.3 Å². The van der Waals surface area contributed by atoms with Crippen LogP contribution in [0.5, 0.6) is 0 Å². The Kier molecular flexibility index (Phi) is 10.0. The largest absolute Gasteiger partial charge is 0.416 e. The van der Waals surface area contributed by atoms with Crippen molar-refractivity contribution >= 4 is 52.1 Å². The number of rotatable bonds is 11. The molecule has 5 rings (SSSR count). The second-order valence-corrected chi connectivity index (χ2v) is 11.5. The predicted molar refractivity (Wildman–Crippen MR) is 182 cm³/mol. The normalized spacial score (nSPS) is 13.4. The summed E-state index contributed by atoms with van der Waals surface area (Å²) in [6.07, 6.45) is -2.81. The lowest BCUT2D eigenvalue weighted by atomic mass is 10.0. The molecule has 5 N–H and O–H groups in total. The van der Waals surface area contributed by atoms with Gasteiger partial charge in [-0.05, 0) is 87.1 Å². The van der Waals surface area contributed by atoms with Crippen LogP contribution in [0.3, 0.4) is 0 Å². The highest BCUT2D eigenvalue weighted by atomic mass is 19.4. The molecule has 0 aliphatic carbocycles. The Hall–Kier alpha value is -5.36. The summed E-state index contributed by atoms with van der Waals surface area (Å²) < 4.78 is 39.3. The summed E-state index contributed by atoms with van der Waals surface area (Å²) in [4.78, 5) is 44.2. The van der Waals surface area contributed by atoms with Gasteiger partial charge in [-0.25, -0.2) is 0 Å². The summed E-state index contributed by atoms with van der Waals surface area (Å²) in [5.41, 5.74) is 5.08. The Balaban J connectivity index is 1.28. The first-order chi connectivity index (χ1) is 22.9. The summed E-state index contributed by atoms with van der Waals surface area (Å²) in [7, 11) is 0. The van der Waals surface area contributed by atoms with Crippen molar-refractivity contribution < 1.29 is 27.6 Å². The number of benzene rings is 3. The van der Waals surface area contributed by atoms with Crippen LogP contribution in [-0.2, 0) is 11.0 Å². The molecule has 0 atom stereocenters. The molecule has 0 saturated heterocycles. The van der Waals surface area contributed by atoms with E-state index >= 15 is 0 Å². The highest BCUT2D eigenvalue weighted by Crippen LogP contribution is 2.37. The number of hydrogen-bond acceptors (Lipinski definition) is 5. The number of aryl methyl sites for hydroxylation is 1. The van der Waals surface area contributed by atoms with Gasteiger partial charge in [-0.3, -0.25) is 14.4 Å². The van der Waals surface area contributed by atoms with Gasteiger partial charge in [0.25, 0.3) is 17.7 Å². The van der Waals surface area contributed by atoms with Crippen LogP contribution in [-0.4, -0.2) is 53.8 Å². The van der Waals surface area contributed by atoms with Crippen molar-refractivity contribution in [2.45, 2.75) is 33.9 Å². The van der Waals surface area contributed by atoms with Crippen molar-refractivity contribution in [3.8, 4) is 0 Å². The smallest absolute Gasteiger partial charge is 0.358 e. The average Bonchev–Trinajstić information content (AvgIpc) is 3.51. The number of carbonyl (C=O) groups excluding carboxylic acids is 3. The first kappa shape index (κ1) is 34.0. The number of nitrogens with zero attached hydrogens (tertiary/aromatic N) is 1. The maximum atomic E-state index is 13.1. The van der Waals surface area contributed by atoms with E-state index in [4.69, 9.17) is 0 Å². The van der Waals surface area contributed by atoms with E-state index in [1.165, 1.54) is 12.1 Å². The van der Waals surface area contributed by atoms with Crippen LogP contribution in [0.1, 0.15) is 62.6 Å². The molecule has 1 aliphatic rings. The lowest BCUT2D eigenvalue weighted by Crippen LogP contribution is -2.35. The van der Waals surface area contributed by atoms with E-state index in [0.29, 0.717) is 57.4 Å². The van der Waals surface area contributed by atoms with Gasteiger partial charge < -0.3 is 31.2 Å². The number of nitrogens with one attached hydrogen (secondary N) is 5. The molecule has 0 fully saturated rings. The third-order valence-corrected chi connectivity index (χ3v) is 8.26. The van der Waals surface area contributed by atoms with Gasteiger partial charge >= 0.3 is 6.18 Å². The van der Waals surface area contributed by atoms with Gasteiger partial charge in [0.05, 0.1) is 22.4 Å². The van der Waals surface area contributed by atoms with E-state index in [1.807, 2.05) is 26.0 Å². The van der Waals surface area contributed by atoms with E-state index in [2.05, 4.69) is 45.0 Å². The standard InChI is InChI=1S/C36H37F3N6O3/c1-5-45(6-2)16-15-40-35(48)32-21(3)30(41-22(32)4)20-29-28-14-13-27(19-31(28)44-34(29)47)42-25-11-8-12-26(18-25)43-33(46)23-9-7-10-24(17-23)36(37,38)39/h7-14,17-20,41-42H,5-6,15-16H2,1-4H3,(H,40,48)(H,43,46)(H,44,47)/b29-20-. The lowest BCUT2D eigenvalue weighted by Gasteiger charge is -2.18. The predicted octanol–water partition coefficient (Wildman–Crippen LogP) is 7.21. The van der Waals surface area contributed by atoms with Gasteiger partial charge in [0.2, 0.25) is 0 Å². The SMILES string of the molecule is CCN(CC)CCNC(=O)c1c(C)[nH]c(/C=C2\C(=O)Nc3cc(Nc4cccc(NC(=O)c5cccc(C(F)(F)F)c5)c4)ccc32)c1C. The molecule has 0 spiro atoms. The molecule has 0 saturated carbocycles. The Morgan fingerprint density at radius 2 is 1.60 bits per heavy atom. The van der Waals surface area contributed by atoms with Gasteiger partial charge in [-0.2, -0.15) is 13.2 Å². The van der Waals surface area contributed by atoms with Crippen LogP contribution < -0.4 is 21.3 Å². The minimum absolute atomic E-state index is 0.114. The number of aromatic nitrogens is 1. The zero-order chi connectivity index (χ0) is 34.6. The summed E-state index contributed by atoms with van der Waals surface area (Å²) in [5, 5.41) is 11.8. The Morgan fingerprint density at radius 3 is 2.33 bits per heavy atom. The Labute approximate surface area is 276 Å². The van der Waals surface area contributed by atoms with Crippen LogP contribution in [0.4, 0.5) is 35.9 Å². The third-order valence-electron chi connectivity index (χ3n) is 8.26. The second kappa shape index (κ2) is 14.2. The fourth-order valence-electron chi connectivity index (χ4n) is 5.66. The van der Waals surface area contributed by atoms with Gasteiger partial charge in [0.1, 0.15) is 0 Å². The van der Waals surface area contributed by atoms with Crippen LogP contribution in [0.25, 0.3) is 11.6 Å². The van der Waals surface area contributed by atoms with Crippen LogP contribution >= 0.6 is 0 Å². The fraction of sp³-hybridized carbons (Fsp3) is 0.250.